The van der Waals surface area contributed by atoms with Crippen LogP contribution in [0.3, 0.4) is 0 Å². The first kappa shape index (κ1) is 21.4. The van der Waals surface area contributed by atoms with Crippen molar-refractivity contribution in [3.63, 3.8) is 0 Å². The van der Waals surface area contributed by atoms with Gasteiger partial charge < -0.3 is 4.90 Å². The van der Waals surface area contributed by atoms with Crippen molar-refractivity contribution in [1.82, 2.24) is 9.88 Å². The molecular weight excluding hydrogens is 436 g/mol. The summed E-state index contributed by atoms with van der Waals surface area (Å²) < 4.78 is 0.909. The van der Waals surface area contributed by atoms with Crippen molar-refractivity contribution in [1.29, 1.82) is 0 Å². The third kappa shape index (κ3) is 4.46. The van der Waals surface area contributed by atoms with Gasteiger partial charge in [-0.15, -0.1) is 0 Å². The molecule has 3 amide bonds. The number of rotatable bonds is 6. The molecule has 0 unspecified atom stereocenters. The maximum atomic E-state index is 13.4. The Morgan fingerprint density at radius 2 is 1.74 bits per heavy atom. The first-order valence-corrected chi connectivity index (χ1v) is 11.0. The molecule has 160 valence electrons. The van der Waals surface area contributed by atoms with Crippen molar-refractivity contribution >= 4 is 61.7 Å². The van der Waals surface area contributed by atoms with Crippen LogP contribution in [-0.4, -0.2) is 54.8 Å². The molecule has 1 saturated heterocycles. The fourth-order valence-electron chi connectivity index (χ4n) is 3.36. The number of thiazole rings is 1. The second kappa shape index (κ2) is 8.74. The van der Waals surface area contributed by atoms with E-state index < -0.39 is 0 Å². The number of imide groups is 1. The SMILES string of the molecule is CN(C)CCN(C(=O)c1ccc(N2C(=O)CCC2=O)cc1)c1nc2ccc(Cl)cc2s1. The van der Waals surface area contributed by atoms with Crippen LogP contribution in [-0.2, 0) is 9.59 Å². The minimum Gasteiger partial charge on any atom is -0.308 e. The minimum atomic E-state index is -0.218. The number of aromatic nitrogens is 1. The molecule has 1 fully saturated rings. The minimum absolute atomic E-state index is 0.197. The molecule has 4 rings (SSSR count). The van der Waals surface area contributed by atoms with Crippen molar-refractivity contribution in [3.05, 3.63) is 53.1 Å². The van der Waals surface area contributed by atoms with Gasteiger partial charge in [0.25, 0.3) is 5.91 Å². The molecule has 0 N–H and O–H groups in total. The molecule has 1 aliphatic heterocycles. The van der Waals surface area contributed by atoms with Crippen molar-refractivity contribution in [2.24, 2.45) is 0 Å². The summed E-state index contributed by atoms with van der Waals surface area (Å²) in [4.78, 5) is 46.7. The van der Waals surface area contributed by atoms with E-state index in [0.29, 0.717) is 34.5 Å². The molecule has 3 aromatic rings. The van der Waals surface area contributed by atoms with Crippen molar-refractivity contribution in [2.45, 2.75) is 12.8 Å². The lowest BCUT2D eigenvalue weighted by atomic mass is 10.1. The molecule has 1 aliphatic rings. The van der Waals surface area contributed by atoms with Gasteiger partial charge in [0.1, 0.15) is 0 Å². The number of nitrogens with zero attached hydrogens (tertiary/aromatic N) is 4. The highest BCUT2D eigenvalue weighted by Gasteiger charge is 2.30. The first-order chi connectivity index (χ1) is 14.8. The van der Waals surface area contributed by atoms with Crippen LogP contribution in [0, 0.1) is 0 Å². The van der Waals surface area contributed by atoms with Crippen LogP contribution < -0.4 is 9.80 Å². The highest BCUT2D eigenvalue weighted by Crippen LogP contribution is 2.32. The van der Waals surface area contributed by atoms with Gasteiger partial charge in [0.2, 0.25) is 11.8 Å². The van der Waals surface area contributed by atoms with Gasteiger partial charge in [-0.2, -0.15) is 0 Å². The van der Waals surface area contributed by atoms with Gasteiger partial charge in [-0.25, -0.2) is 4.98 Å². The van der Waals surface area contributed by atoms with Gasteiger partial charge in [0.15, 0.2) is 5.13 Å². The van der Waals surface area contributed by atoms with E-state index in [4.69, 9.17) is 11.6 Å². The molecule has 1 aromatic heterocycles. The number of likely N-dealkylation sites (N-methyl/N-ethyl adjacent to an activating group) is 1. The van der Waals surface area contributed by atoms with E-state index in [1.54, 1.807) is 35.2 Å². The van der Waals surface area contributed by atoms with E-state index in [0.717, 1.165) is 10.2 Å². The standard InChI is InChI=1S/C22H21ClN4O3S/c1-25(2)11-12-26(22-24-17-8-5-15(23)13-18(17)31-22)21(30)14-3-6-16(7-4-14)27-19(28)9-10-20(27)29/h3-8,13H,9-12H2,1-2H3. The number of hydrogen-bond acceptors (Lipinski definition) is 6. The summed E-state index contributed by atoms with van der Waals surface area (Å²) in [5.74, 6) is -0.632. The molecule has 31 heavy (non-hydrogen) atoms. The highest BCUT2D eigenvalue weighted by molar-refractivity contribution is 7.22. The smallest absolute Gasteiger partial charge is 0.260 e. The van der Waals surface area contributed by atoms with Gasteiger partial charge in [0, 0.05) is 36.5 Å². The van der Waals surface area contributed by atoms with Crippen LogP contribution in [0.15, 0.2) is 42.5 Å². The quantitative estimate of drug-likeness (QED) is 0.527. The average molecular weight is 457 g/mol. The van der Waals surface area contributed by atoms with Crippen molar-refractivity contribution < 1.29 is 14.4 Å². The van der Waals surface area contributed by atoms with Crippen LogP contribution >= 0.6 is 22.9 Å². The van der Waals surface area contributed by atoms with E-state index in [1.165, 1.54) is 16.2 Å². The average Bonchev–Trinajstić information content (AvgIpc) is 3.30. The van der Waals surface area contributed by atoms with E-state index in [-0.39, 0.29) is 30.6 Å². The number of hydrogen-bond donors (Lipinski definition) is 0. The molecule has 0 aliphatic carbocycles. The second-order valence-electron chi connectivity index (χ2n) is 7.54. The van der Waals surface area contributed by atoms with Crippen molar-refractivity contribution in [2.75, 3.05) is 37.0 Å². The second-order valence-corrected chi connectivity index (χ2v) is 8.98. The Morgan fingerprint density at radius 1 is 1.06 bits per heavy atom. The van der Waals surface area contributed by atoms with Crippen LogP contribution in [0.25, 0.3) is 10.2 Å². The van der Waals surface area contributed by atoms with Gasteiger partial charge in [-0.1, -0.05) is 22.9 Å². The summed E-state index contributed by atoms with van der Waals surface area (Å²) in [5, 5.41) is 1.22. The molecule has 9 heteroatoms. The van der Waals surface area contributed by atoms with Crippen LogP contribution in [0.5, 0.6) is 0 Å². The first-order valence-electron chi connectivity index (χ1n) is 9.82. The summed E-state index contributed by atoms with van der Waals surface area (Å²) >= 11 is 7.51. The summed E-state index contributed by atoms with van der Waals surface area (Å²) in [5.41, 5.74) is 1.73. The topological polar surface area (TPSA) is 73.8 Å². The normalized spacial score (nSPS) is 14.1. The Labute approximate surface area is 188 Å². The summed E-state index contributed by atoms with van der Waals surface area (Å²) in [6.07, 6.45) is 0.443. The van der Waals surface area contributed by atoms with E-state index in [1.807, 2.05) is 31.1 Å². The number of fused-ring (bicyclic) bond motifs is 1. The number of carbonyl (C=O) groups is 3. The summed E-state index contributed by atoms with van der Waals surface area (Å²) in [7, 11) is 3.89. The molecule has 0 spiro atoms. The van der Waals surface area contributed by atoms with E-state index in [9.17, 15) is 14.4 Å². The monoisotopic (exact) mass is 456 g/mol. The largest absolute Gasteiger partial charge is 0.308 e. The van der Waals surface area contributed by atoms with Crippen LogP contribution in [0.1, 0.15) is 23.2 Å². The number of anilines is 2. The fraction of sp³-hybridized carbons (Fsp3) is 0.273. The Bertz CT molecular complexity index is 1140. The third-order valence-electron chi connectivity index (χ3n) is 5.01. The number of halogens is 1. The molecule has 7 nitrogen and oxygen atoms in total. The lowest BCUT2D eigenvalue weighted by Crippen LogP contribution is -2.36. The fourth-order valence-corrected chi connectivity index (χ4v) is 4.63. The van der Waals surface area contributed by atoms with E-state index >= 15 is 0 Å². The molecule has 0 atom stereocenters. The lowest BCUT2D eigenvalue weighted by molar-refractivity contribution is -0.121. The maximum absolute atomic E-state index is 13.4. The molecule has 0 bridgehead atoms. The highest BCUT2D eigenvalue weighted by atomic mass is 35.5. The number of carbonyl (C=O) groups excluding carboxylic acids is 3. The van der Waals surface area contributed by atoms with Crippen LogP contribution in [0.2, 0.25) is 5.02 Å². The Kier molecular flexibility index (Phi) is 6.04. The summed E-state index contributed by atoms with van der Waals surface area (Å²) in [6, 6.07) is 12.0. The number of benzene rings is 2. The molecule has 0 saturated carbocycles. The van der Waals surface area contributed by atoms with Crippen molar-refractivity contribution in [3.8, 4) is 0 Å². The molecule has 0 radical (unpaired) electrons. The van der Waals surface area contributed by atoms with E-state index in [2.05, 4.69) is 4.98 Å². The predicted octanol–water partition coefficient (Wildman–Crippen LogP) is 3.81. The molecule has 2 aromatic carbocycles. The van der Waals surface area contributed by atoms with Gasteiger partial charge in [-0.05, 0) is 56.6 Å². The maximum Gasteiger partial charge on any atom is 0.260 e. The Balaban J connectivity index is 1.63. The zero-order chi connectivity index (χ0) is 22.1. The van der Waals surface area contributed by atoms with Crippen LogP contribution in [0.4, 0.5) is 10.8 Å². The number of amides is 3. The third-order valence-corrected chi connectivity index (χ3v) is 6.29. The predicted molar refractivity (Wildman–Crippen MR) is 123 cm³/mol. The van der Waals surface area contributed by atoms with Gasteiger partial charge in [-0.3, -0.25) is 24.2 Å². The Hall–Kier alpha value is -2.81. The molecule has 2 heterocycles. The summed E-state index contributed by atoms with van der Waals surface area (Å²) in [6.45, 7) is 1.13. The van der Waals surface area contributed by atoms with Gasteiger partial charge >= 0.3 is 0 Å². The zero-order valence-corrected chi connectivity index (χ0v) is 18.7. The Morgan fingerprint density at radius 3 is 2.39 bits per heavy atom. The zero-order valence-electron chi connectivity index (χ0n) is 17.2. The molecular formula is C22H21ClN4O3S. The lowest BCUT2D eigenvalue weighted by Gasteiger charge is -2.22. The van der Waals surface area contributed by atoms with Gasteiger partial charge in [0.05, 0.1) is 15.9 Å².